The first kappa shape index (κ1) is 17.1. The molecule has 0 saturated carbocycles. The molecule has 0 aliphatic carbocycles. The fraction of sp³-hybridized carbons (Fsp3) is 0.706. The molecule has 132 valence electrons. The Balaban J connectivity index is 1.39. The maximum atomic E-state index is 12.5. The molecular weight excluding hydrogens is 306 g/mol. The summed E-state index contributed by atoms with van der Waals surface area (Å²) in [5.41, 5.74) is 0. The van der Waals surface area contributed by atoms with E-state index in [-0.39, 0.29) is 5.91 Å². The molecule has 1 aromatic heterocycles. The summed E-state index contributed by atoms with van der Waals surface area (Å²) in [5, 5.41) is 3.14. The number of carbonyl (C=O) groups is 1. The Morgan fingerprint density at radius 2 is 2.04 bits per heavy atom. The van der Waals surface area contributed by atoms with Crippen LogP contribution in [0, 0.1) is 5.92 Å². The molecule has 7 heteroatoms. The molecule has 1 aromatic rings. The fourth-order valence-corrected chi connectivity index (χ4v) is 3.53. The average molecular weight is 333 g/mol. The molecule has 2 aliphatic rings. The van der Waals surface area contributed by atoms with Gasteiger partial charge in [-0.1, -0.05) is 6.92 Å². The van der Waals surface area contributed by atoms with Crippen molar-refractivity contribution in [2.24, 2.45) is 5.92 Å². The van der Waals surface area contributed by atoms with Gasteiger partial charge in [0.15, 0.2) is 0 Å². The number of anilines is 1. The van der Waals surface area contributed by atoms with Gasteiger partial charge in [0.05, 0.1) is 13.2 Å². The summed E-state index contributed by atoms with van der Waals surface area (Å²) in [6.45, 7) is 8.28. The third-order valence-corrected chi connectivity index (χ3v) is 4.86. The molecule has 0 bridgehead atoms. The van der Waals surface area contributed by atoms with E-state index in [0.29, 0.717) is 30.9 Å². The zero-order valence-corrected chi connectivity index (χ0v) is 14.4. The minimum atomic E-state index is 0.258. The van der Waals surface area contributed by atoms with Crippen molar-refractivity contribution in [2.75, 3.05) is 51.3 Å². The number of hydrogen-bond acceptors (Lipinski definition) is 6. The fourth-order valence-electron chi connectivity index (χ4n) is 3.53. The first-order valence-corrected chi connectivity index (χ1v) is 8.84. The molecule has 0 radical (unpaired) electrons. The third-order valence-electron chi connectivity index (χ3n) is 4.86. The number of hydrogen-bond donors (Lipinski definition) is 1. The largest absolute Gasteiger partial charge is 0.379 e. The summed E-state index contributed by atoms with van der Waals surface area (Å²) in [5.74, 6) is 1.41. The van der Waals surface area contributed by atoms with Gasteiger partial charge in [-0.3, -0.25) is 9.69 Å². The lowest BCUT2D eigenvalue weighted by molar-refractivity contribution is -0.130. The van der Waals surface area contributed by atoms with Gasteiger partial charge in [0, 0.05) is 57.6 Å². The second kappa shape index (κ2) is 8.39. The summed E-state index contributed by atoms with van der Waals surface area (Å²) in [4.78, 5) is 25.2. The van der Waals surface area contributed by atoms with Crippen molar-refractivity contribution in [1.29, 1.82) is 0 Å². The number of aromatic nitrogens is 2. The SMILES string of the molecule is C[C@@H]1CN(C(=O)CCCNc2ncccn2)C[C@H]1N1CCOCC1. The van der Waals surface area contributed by atoms with Crippen LogP contribution < -0.4 is 5.32 Å². The van der Waals surface area contributed by atoms with Crippen LogP contribution in [-0.2, 0) is 9.53 Å². The Labute approximate surface area is 143 Å². The standard InChI is InChI=1S/C17H27N5O2/c1-14-12-22(13-15(14)21-8-10-24-11-9-21)16(23)4-2-5-18-17-19-6-3-7-20-17/h3,6-7,14-15H,2,4-5,8-13H2,1H3,(H,18,19,20)/t14-,15-/m1/s1. The minimum absolute atomic E-state index is 0.258. The summed E-state index contributed by atoms with van der Waals surface area (Å²) in [6.07, 6.45) is 4.78. The molecule has 24 heavy (non-hydrogen) atoms. The van der Waals surface area contributed by atoms with Crippen LogP contribution in [0.25, 0.3) is 0 Å². The lowest BCUT2D eigenvalue weighted by atomic mass is 10.0. The van der Waals surface area contributed by atoms with Crippen LogP contribution in [0.2, 0.25) is 0 Å². The quantitative estimate of drug-likeness (QED) is 0.778. The van der Waals surface area contributed by atoms with E-state index in [1.54, 1.807) is 18.5 Å². The highest BCUT2D eigenvalue weighted by molar-refractivity contribution is 5.76. The third kappa shape index (κ3) is 4.42. The Morgan fingerprint density at radius 1 is 1.29 bits per heavy atom. The molecule has 3 heterocycles. The van der Waals surface area contributed by atoms with Crippen molar-refractivity contribution in [3.63, 3.8) is 0 Å². The van der Waals surface area contributed by atoms with Crippen LogP contribution in [-0.4, -0.2) is 77.7 Å². The van der Waals surface area contributed by atoms with Crippen molar-refractivity contribution < 1.29 is 9.53 Å². The van der Waals surface area contributed by atoms with Crippen LogP contribution in [0.1, 0.15) is 19.8 Å². The summed E-state index contributed by atoms with van der Waals surface area (Å²) < 4.78 is 5.43. The van der Waals surface area contributed by atoms with Crippen molar-refractivity contribution in [1.82, 2.24) is 19.8 Å². The highest BCUT2D eigenvalue weighted by atomic mass is 16.5. The maximum Gasteiger partial charge on any atom is 0.222 e. The van der Waals surface area contributed by atoms with Gasteiger partial charge in [-0.25, -0.2) is 9.97 Å². The van der Waals surface area contributed by atoms with Crippen molar-refractivity contribution >= 4 is 11.9 Å². The van der Waals surface area contributed by atoms with E-state index < -0.39 is 0 Å². The van der Waals surface area contributed by atoms with Crippen LogP contribution in [0.3, 0.4) is 0 Å². The van der Waals surface area contributed by atoms with E-state index in [2.05, 4.69) is 27.1 Å². The number of carbonyl (C=O) groups excluding carboxylic acids is 1. The Morgan fingerprint density at radius 3 is 2.79 bits per heavy atom. The predicted octanol–water partition coefficient (Wildman–Crippen LogP) is 0.848. The zero-order chi connectivity index (χ0) is 16.8. The lowest BCUT2D eigenvalue weighted by Gasteiger charge is -2.34. The molecule has 7 nitrogen and oxygen atoms in total. The number of ether oxygens (including phenoxy) is 1. The van der Waals surface area contributed by atoms with Gasteiger partial charge in [-0.05, 0) is 18.4 Å². The number of morpholine rings is 1. The van der Waals surface area contributed by atoms with Gasteiger partial charge in [-0.2, -0.15) is 0 Å². The summed E-state index contributed by atoms with van der Waals surface area (Å²) >= 11 is 0. The van der Waals surface area contributed by atoms with Gasteiger partial charge >= 0.3 is 0 Å². The molecule has 0 aromatic carbocycles. The highest BCUT2D eigenvalue weighted by Crippen LogP contribution is 2.23. The molecule has 2 saturated heterocycles. The van der Waals surface area contributed by atoms with E-state index in [0.717, 1.165) is 45.8 Å². The molecular formula is C17H27N5O2. The Kier molecular flexibility index (Phi) is 5.98. The smallest absolute Gasteiger partial charge is 0.222 e. The second-order valence-electron chi connectivity index (χ2n) is 6.59. The molecule has 1 amide bonds. The van der Waals surface area contributed by atoms with E-state index in [1.807, 2.05) is 4.90 Å². The van der Waals surface area contributed by atoms with Crippen LogP contribution in [0.15, 0.2) is 18.5 Å². The number of rotatable bonds is 6. The molecule has 1 N–H and O–H groups in total. The summed E-state index contributed by atoms with van der Waals surface area (Å²) in [6, 6.07) is 2.27. The first-order valence-electron chi connectivity index (χ1n) is 8.84. The predicted molar refractivity (Wildman–Crippen MR) is 91.7 cm³/mol. The monoisotopic (exact) mass is 333 g/mol. The molecule has 0 spiro atoms. The topological polar surface area (TPSA) is 70.6 Å². The highest BCUT2D eigenvalue weighted by Gasteiger charge is 2.36. The Hall–Kier alpha value is -1.73. The van der Waals surface area contributed by atoms with Gasteiger partial charge in [0.2, 0.25) is 11.9 Å². The van der Waals surface area contributed by atoms with E-state index >= 15 is 0 Å². The van der Waals surface area contributed by atoms with Gasteiger partial charge < -0.3 is 15.0 Å². The van der Waals surface area contributed by atoms with Crippen molar-refractivity contribution in [3.05, 3.63) is 18.5 Å². The zero-order valence-electron chi connectivity index (χ0n) is 14.4. The second-order valence-corrected chi connectivity index (χ2v) is 6.59. The van der Waals surface area contributed by atoms with Gasteiger partial charge in [0.25, 0.3) is 0 Å². The maximum absolute atomic E-state index is 12.5. The van der Waals surface area contributed by atoms with E-state index in [9.17, 15) is 4.79 Å². The first-order chi connectivity index (χ1) is 11.7. The molecule has 3 rings (SSSR count). The van der Waals surface area contributed by atoms with Crippen molar-refractivity contribution in [2.45, 2.75) is 25.8 Å². The van der Waals surface area contributed by atoms with Crippen LogP contribution >= 0.6 is 0 Å². The number of likely N-dealkylation sites (tertiary alicyclic amines) is 1. The normalized spacial score (nSPS) is 25.0. The van der Waals surface area contributed by atoms with Crippen molar-refractivity contribution in [3.8, 4) is 0 Å². The van der Waals surface area contributed by atoms with Gasteiger partial charge in [0.1, 0.15) is 0 Å². The minimum Gasteiger partial charge on any atom is -0.379 e. The van der Waals surface area contributed by atoms with Gasteiger partial charge in [-0.15, -0.1) is 0 Å². The van der Waals surface area contributed by atoms with Crippen LogP contribution in [0.5, 0.6) is 0 Å². The molecule has 2 fully saturated rings. The van der Waals surface area contributed by atoms with E-state index in [4.69, 9.17) is 4.74 Å². The summed E-state index contributed by atoms with van der Waals surface area (Å²) in [7, 11) is 0. The molecule has 2 aliphatic heterocycles. The average Bonchev–Trinajstić information content (AvgIpc) is 3.02. The number of nitrogens with one attached hydrogen (secondary N) is 1. The number of nitrogens with zero attached hydrogens (tertiary/aromatic N) is 4. The molecule has 0 unspecified atom stereocenters. The molecule has 2 atom stereocenters. The Bertz CT molecular complexity index is 521. The van der Waals surface area contributed by atoms with Crippen LogP contribution in [0.4, 0.5) is 5.95 Å². The lowest BCUT2D eigenvalue weighted by Crippen LogP contribution is -2.47. The number of amides is 1. The van der Waals surface area contributed by atoms with E-state index in [1.165, 1.54) is 0 Å².